The van der Waals surface area contributed by atoms with Gasteiger partial charge in [-0.15, -0.1) is 0 Å². The maximum Gasteiger partial charge on any atom is 0.158 e. The van der Waals surface area contributed by atoms with E-state index in [0.717, 1.165) is 6.42 Å². The van der Waals surface area contributed by atoms with Crippen molar-refractivity contribution in [3.63, 3.8) is 0 Å². The second kappa shape index (κ2) is 5.82. The number of hydrogen-bond acceptors (Lipinski definition) is 4. The highest BCUT2D eigenvalue weighted by atomic mass is 32.2. The molecule has 90 valence electrons. The topological polar surface area (TPSA) is 52.6 Å². The molecular weight excluding hydrogens is 216 g/mol. The quantitative estimate of drug-likeness (QED) is 0.723. The summed E-state index contributed by atoms with van der Waals surface area (Å²) in [7, 11) is -2.97. The minimum Gasteiger partial charge on any atom is -0.353 e. The maximum atomic E-state index is 11.7. The monoisotopic (exact) mass is 236 g/mol. The largest absolute Gasteiger partial charge is 0.353 e. The summed E-state index contributed by atoms with van der Waals surface area (Å²) in [5.74, 6) is 0.159. The van der Waals surface area contributed by atoms with Crippen molar-refractivity contribution in [1.82, 2.24) is 0 Å². The van der Waals surface area contributed by atoms with E-state index in [1.165, 1.54) is 0 Å². The smallest absolute Gasteiger partial charge is 0.158 e. The molecule has 5 heteroatoms. The lowest BCUT2D eigenvalue weighted by Crippen LogP contribution is -2.29. The van der Waals surface area contributed by atoms with Crippen LogP contribution in [0.1, 0.15) is 33.1 Å². The second-order valence-electron chi connectivity index (χ2n) is 3.90. The molecule has 15 heavy (non-hydrogen) atoms. The lowest BCUT2D eigenvalue weighted by atomic mass is 10.4. The minimum absolute atomic E-state index is 0.159. The molecule has 1 atom stereocenters. The molecule has 4 nitrogen and oxygen atoms in total. The van der Waals surface area contributed by atoms with Crippen LogP contribution in [0.4, 0.5) is 0 Å². The van der Waals surface area contributed by atoms with Gasteiger partial charge >= 0.3 is 0 Å². The van der Waals surface area contributed by atoms with Crippen LogP contribution < -0.4 is 0 Å². The van der Waals surface area contributed by atoms with Crippen molar-refractivity contribution in [2.75, 3.05) is 19.0 Å². The molecule has 0 aromatic rings. The average molecular weight is 236 g/mol. The summed E-state index contributed by atoms with van der Waals surface area (Å²) < 4.78 is 34.0. The third kappa shape index (κ3) is 4.09. The van der Waals surface area contributed by atoms with Crippen molar-refractivity contribution in [3.05, 3.63) is 0 Å². The molecule has 0 radical (unpaired) electrons. The van der Waals surface area contributed by atoms with E-state index >= 15 is 0 Å². The van der Waals surface area contributed by atoms with Gasteiger partial charge in [-0.25, -0.2) is 8.42 Å². The molecule has 1 aliphatic rings. The second-order valence-corrected chi connectivity index (χ2v) is 6.44. The summed E-state index contributed by atoms with van der Waals surface area (Å²) >= 11 is 0. The van der Waals surface area contributed by atoms with Crippen molar-refractivity contribution in [2.24, 2.45) is 0 Å². The highest BCUT2D eigenvalue weighted by Gasteiger charge is 2.22. The van der Waals surface area contributed by atoms with Crippen LogP contribution in [0.2, 0.25) is 0 Å². The Morgan fingerprint density at radius 3 is 2.47 bits per heavy atom. The minimum atomic E-state index is -2.97. The predicted octanol–water partition coefficient (Wildman–Crippen LogP) is 1.35. The summed E-state index contributed by atoms with van der Waals surface area (Å²) in [5, 5.41) is -0.263. The standard InChI is InChI=1S/C10H20O4S/c1-3-9(2)15(11,12)8-5-10-13-6-4-7-14-10/h9-10H,3-8H2,1-2H3. The number of ether oxygens (including phenoxy) is 2. The molecule has 0 aromatic heterocycles. The first-order valence-electron chi connectivity index (χ1n) is 5.51. The van der Waals surface area contributed by atoms with Crippen LogP contribution in [0.5, 0.6) is 0 Å². The molecule has 0 spiro atoms. The van der Waals surface area contributed by atoms with Gasteiger partial charge in [-0.2, -0.15) is 0 Å². The van der Waals surface area contributed by atoms with E-state index in [4.69, 9.17) is 9.47 Å². The molecule has 0 saturated carbocycles. The molecule has 1 rings (SSSR count). The Morgan fingerprint density at radius 1 is 1.33 bits per heavy atom. The lowest BCUT2D eigenvalue weighted by molar-refractivity contribution is -0.178. The first-order valence-corrected chi connectivity index (χ1v) is 7.22. The number of sulfone groups is 1. The molecule has 0 bridgehead atoms. The zero-order valence-electron chi connectivity index (χ0n) is 9.44. The third-order valence-corrected chi connectivity index (χ3v) is 5.09. The molecule has 1 unspecified atom stereocenters. The zero-order valence-corrected chi connectivity index (χ0v) is 10.3. The van der Waals surface area contributed by atoms with Crippen LogP contribution in [0.25, 0.3) is 0 Å². The molecule has 0 N–H and O–H groups in total. The van der Waals surface area contributed by atoms with Gasteiger partial charge in [-0.05, 0) is 19.8 Å². The third-order valence-electron chi connectivity index (χ3n) is 2.72. The van der Waals surface area contributed by atoms with Gasteiger partial charge in [0.25, 0.3) is 0 Å². The Hall–Kier alpha value is -0.130. The molecule has 1 heterocycles. The maximum absolute atomic E-state index is 11.7. The van der Waals surface area contributed by atoms with Gasteiger partial charge in [-0.3, -0.25) is 0 Å². The molecule has 1 aliphatic heterocycles. The van der Waals surface area contributed by atoms with Crippen molar-refractivity contribution in [2.45, 2.75) is 44.6 Å². The molecule has 0 aromatic carbocycles. The van der Waals surface area contributed by atoms with Gasteiger partial charge in [0.2, 0.25) is 0 Å². The molecule has 1 saturated heterocycles. The summed E-state index contributed by atoms with van der Waals surface area (Å²) in [6, 6.07) is 0. The van der Waals surface area contributed by atoms with Crippen LogP contribution in [0, 0.1) is 0 Å². The van der Waals surface area contributed by atoms with Gasteiger partial charge in [0.1, 0.15) is 0 Å². The van der Waals surface area contributed by atoms with Crippen LogP contribution in [-0.2, 0) is 19.3 Å². The van der Waals surface area contributed by atoms with Gasteiger partial charge in [0.15, 0.2) is 16.1 Å². The van der Waals surface area contributed by atoms with E-state index < -0.39 is 9.84 Å². The van der Waals surface area contributed by atoms with Crippen molar-refractivity contribution in [3.8, 4) is 0 Å². The lowest BCUT2D eigenvalue weighted by Gasteiger charge is -2.23. The van der Waals surface area contributed by atoms with E-state index in [0.29, 0.717) is 26.1 Å². The van der Waals surface area contributed by atoms with Crippen LogP contribution in [-0.4, -0.2) is 38.9 Å². The highest BCUT2D eigenvalue weighted by Crippen LogP contribution is 2.13. The summed E-state index contributed by atoms with van der Waals surface area (Å²) in [4.78, 5) is 0. The zero-order chi connectivity index (χ0) is 11.3. The Bertz CT molecular complexity index is 267. The van der Waals surface area contributed by atoms with E-state index in [1.54, 1.807) is 6.92 Å². The fourth-order valence-electron chi connectivity index (χ4n) is 1.42. The van der Waals surface area contributed by atoms with E-state index in [9.17, 15) is 8.42 Å². The Morgan fingerprint density at radius 2 is 1.93 bits per heavy atom. The fourth-order valence-corrected chi connectivity index (χ4v) is 2.85. The van der Waals surface area contributed by atoms with Gasteiger partial charge in [0, 0.05) is 6.42 Å². The Kier molecular flexibility index (Phi) is 5.02. The van der Waals surface area contributed by atoms with Gasteiger partial charge in [0.05, 0.1) is 24.2 Å². The van der Waals surface area contributed by atoms with Gasteiger partial charge < -0.3 is 9.47 Å². The normalized spacial score (nSPS) is 21.5. The Labute approximate surface area is 91.9 Å². The van der Waals surface area contributed by atoms with E-state index in [-0.39, 0.29) is 17.3 Å². The van der Waals surface area contributed by atoms with Crippen LogP contribution in [0.3, 0.4) is 0 Å². The fraction of sp³-hybridized carbons (Fsp3) is 1.00. The number of hydrogen-bond donors (Lipinski definition) is 0. The van der Waals surface area contributed by atoms with Gasteiger partial charge in [-0.1, -0.05) is 6.92 Å². The van der Waals surface area contributed by atoms with Crippen LogP contribution in [0.15, 0.2) is 0 Å². The first kappa shape index (κ1) is 12.9. The predicted molar refractivity (Wildman–Crippen MR) is 58.5 cm³/mol. The molecule has 1 fully saturated rings. The van der Waals surface area contributed by atoms with E-state index in [1.807, 2.05) is 6.92 Å². The van der Waals surface area contributed by atoms with Crippen molar-refractivity contribution >= 4 is 9.84 Å². The first-order chi connectivity index (χ1) is 7.06. The van der Waals surface area contributed by atoms with E-state index in [2.05, 4.69) is 0 Å². The Balaban J connectivity index is 2.35. The summed E-state index contributed by atoms with van der Waals surface area (Å²) in [6.45, 7) is 4.98. The summed E-state index contributed by atoms with van der Waals surface area (Å²) in [5.41, 5.74) is 0. The van der Waals surface area contributed by atoms with Crippen LogP contribution >= 0.6 is 0 Å². The highest BCUT2D eigenvalue weighted by molar-refractivity contribution is 7.91. The number of rotatable bonds is 5. The molecular formula is C10H20O4S. The van der Waals surface area contributed by atoms with Crippen molar-refractivity contribution in [1.29, 1.82) is 0 Å². The SMILES string of the molecule is CCC(C)S(=O)(=O)CCC1OCCCO1. The summed E-state index contributed by atoms with van der Waals surface area (Å²) in [6.07, 6.45) is 1.69. The molecule has 0 amide bonds. The average Bonchev–Trinajstić information content (AvgIpc) is 2.27. The van der Waals surface area contributed by atoms with Crippen molar-refractivity contribution < 1.29 is 17.9 Å². The molecule has 0 aliphatic carbocycles.